The zero-order valence-corrected chi connectivity index (χ0v) is 22.3. The van der Waals surface area contributed by atoms with Crippen molar-refractivity contribution in [2.75, 3.05) is 18.4 Å². The normalized spacial score (nSPS) is 18.3. The molecule has 6 rings (SSSR count). The number of amides is 2. The van der Waals surface area contributed by atoms with Gasteiger partial charge in [0.25, 0.3) is 0 Å². The lowest BCUT2D eigenvalue weighted by atomic mass is 9.86. The Balaban J connectivity index is 1.24. The number of carbonyl (C=O) groups is 3. The Kier molecular flexibility index (Phi) is 6.48. The fraction of sp³-hybridized carbons (Fsp3) is 0.241. The molecule has 1 fully saturated rings. The van der Waals surface area contributed by atoms with Crippen LogP contribution < -0.4 is 10.1 Å². The number of nitrogens with one attached hydrogen (secondary N) is 1. The Hall–Kier alpha value is -3.95. The summed E-state index contributed by atoms with van der Waals surface area (Å²) in [5.74, 6) is -1.66. The van der Waals surface area contributed by atoms with E-state index in [0.717, 1.165) is 15.8 Å². The number of rotatable bonds is 5. The molecule has 0 unspecified atom stereocenters. The van der Waals surface area contributed by atoms with Gasteiger partial charge in [-0.3, -0.25) is 9.59 Å². The van der Waals surface area contributed by atoms with Gasteiger partial charge in [0.1, 0.15) is 10.8 Å². The van der Waals surface area contributed by atoms with E-state index in [-0.39, 0.29) is 44.2 Å². The number of carboxylic acid groups (broad SMARTS) is 1. The molecule has 0 bridgehead atoms. The molecule has 2 aliphatic rings. The van der Waals surface area contributed by atoms with Gasteiger partial charge < -0.3 is 20.1 Å². The van der Waals surface area contributed by atoms with Crippen molar-refractivity contribution >= 4 is 56.6 Å². The maximum atomic E-state index is 13.5. The molecule has 4 aromatic rings. The quantitative estimate of drug-likeness (QED) is 0.330. The molecule has 3 aromatic carbocycles. The van der Waals surface area contributed by atoms with Crippen LogP contribution in [0.25, 0.3) is 20.8 Å². The molecular weight excluding hydrogens is 538 g/mol. The number of nitrogens with zero attached hydrogens (tertiary/aromatic N) is 2. The Morgan fingerprint density at radius 1 is 1.05 bits per heavy atom. The highest BCUT2D eigenvalue weighted by Gasteiger charge is 2.46. The minimum absolute atomic E-state index is 0.0620. The van der Waals surface area contributed by atoms with Crippen LogP contribution in [0.1, 0.15) is 30.7 Å². The third-order valence-electron chi connectivity index (χ3n) is 7.36. The largest absolute Gasteiger partial charge is 0.478 e. The summed E-state index contributed by atoms with van der Waals surface area (Å²) in [6.07, 6.45) is 0.274. The molecule has 1 aromatic heterocycles. The number of ether oxygens (including phenoxy) is 1. The summed E-state index contributed by atoms with van der Waals surface area (Å²) in [6, 6.07) is 20.0. The molecule has 0 aliphatic carbocycles. The fourth-order valence-corrected chi connectivity index (χ4v) is 6.56. The zero-order valence-electron chi connectivity index (χ0n) is 20.7. The van der Waals surface area contributed by atoms with E-state index in [4.69, 9.17) is 21.3 Å². The van der Waals surface area contributed by atoms with E-state index in [9.17, 15) is 19.5 Å². The van der Waals surface area contributed by atoms with Crippen LogP contribution in [0.4, 0.5) is 5.69 Å². The van der Waals surface area contributed by atoms with Crippen LogP contribution in [0, 0.1) is 0 Å². The second-order valence-corrected chi connectivity index (χ2v) is 11.1. The number of benzene rings is 3. The second-order valence-electron chi connectivity index (χ2n) is 9.72. The minimum atomic E-state index is -1.51. The highest BCUT2D eigenvalue weighted by atomic mass is 35.5. The molecular formula is C29H24ClN3O5S. The number of halogens is 1. The number of hydrogen-bond acceptors (Lipinski definition) is 6. The van der Waals surface area contributed by atoms with Gasteiger partial charge in [0.2, 0.25) is 17.4 Å². The molecule has 1 saturated heterocycles. The average molecular weight is 562 g/mol. The number of fused-ring (bicyclic) bond motifs is 2. The summed E-state index contributed by atoms with van der Waals surface area (Å²) in [6.45, 7) is 0.397. The van der Waals surface area contributed by atoms with E-state index in [1.54, 1.807) is 29.2 Å². The number of thiazole rings is 1. The smallest absolute Gasteiger partial charge is 0.348 e. The van der Waals surface area contributed by atoms with Crippen LogP contribution >= 0.6 is 22.9 Å². The number of hydrogen-bond donors (Lipinski definition) is 2. The molecule has 2 N–H and O–H groups in total. The van der Waals surface area contributed by atoms with Gasteiger partial charge in [-0.25, -0.2) is 9.78 Å². The lowest BCUT2D eigenvalue weighted by Gasteiger charge is -2.40. The van der Waals surface area contributed by atoms with Crippen LogP contribution in [0.15, 0.2) is 66.7 Å². The van der Waals surface area contributed by atoms with Gasteiger partial charge in [-0.1, -0.05) is 48.0 Å². The number of aliphatic carboxylic acids is 1. The number of carbonyl (C=O) groups excluding carboxylic acids is 2. The standard InChI is InChI=1S/C29H24ClN3O5S/c30-20-8-5-10-22-25(20)39-26(32-22)18-7-2-4-11-23(18)38-29(28(36)37)12-14-33(15-13-29)27(35)19-16-24(34)31-21-9-3-1-6-17(19)21/h1-11,19H,12-16H2,(H,31,34)(H,36,37)/t19-/m0/s1. The number of aromatic nitrogens is 1. The number of carboxylic acids is 1. The summed E-state index contributed by atoms with van der Waals surface area (Å²) >= 11 is 7.77. The molecule has 1 atom stereocenters. The third-order valence-corrected chi connectivity index (χ3v) is 8.92. The van der Waals surface area contributed by atoms with E-state index in [1.807, 2.05) is 42.5 Å². The van der Waals surface area contributed by atoms with Crippen molar-refractivity contribution in [1.82, 2.24) is 9.88 Å². The van der Waals surface area contributed by atoms with Crippen molar-refractivity contribution in [3.05, 3.63) is 77.3 Å². The van der Waals surface area contributed by atoms with E-state index < -0.39 is 17.5 Å². The lowest BCUT2D eigenvalue weighted by molar-refractivity contribution is -0.162. The van der Waals surface area contributed by atoms with Crippen LogP contribution in [-0.2, 0) is 14.4 Å². The van der Waals surface area contributed by atoms with Crippen LogP contribution in [0.2, 0.25) is 5.02 Å². The van der Waals surface area contributed by atoms with Crippen LogP contribution in [0.5, 0.6) is 5.75 Å². The van der Waals surface area contributed by atoms with Gasteiger partial charge in [0.15, 0.2) is 0 Å². The molecule has 2 amide bonds. The summed E-state index contributed by atoms with van der Waals surface area (Å²) in [4.78, 5) is 44.7. The predicted octanol–water partition coefficient (Wildman–Crippen LogP) is 5.57. The molecule has 0 spiro atoms. The fourth-order valence-electron chi connectivity index (χ4n) is 5.27. The summed E-state index contributed by atoms with van der Waals surface area (Å²) in [7, 11) is 0. The molecule has 8 nitrogen and oxygen atoms in total. The first-order valence-corrected chi connectivity index (χ1v) is 13.8. The SMILES string of the molecule is O=C1C[C@H](C(=O)N2CCC(Oc3ccccc3-c3nc4cccc(Cl)c4s3)(C(=O)O)CC2)c2ccccc2N1. The highest BCUT2D eigenvalue weighted by Crippen LogP contribution is 2.41. The van der Waals surface area contributed by atoms with Crippen molar-refractivity contribution in [2.45, 2.75) is 30.8 Å². The minimum Gasteiger partial charge on any atom is -0.478 e. The lowest BCUT2D eigenvalue weighted by Crippen LogP contribution is -2.55. The molecule has 0 radical (unpaired) electrons. The van der Waals surface area contributed by atoms with Gasteiger partial charge in [-0.15, -0.1) is 11.3 Å². The van der Waals surface area contributed by atoms with Crippen molar-refractivity contribution in [3.8, 4) is 16.3 Å². The van der Waals surface area contributed by atoms with Crippen molar-refractivity contribution in [2.24, 2.45) is 0 Å². The van der Waals surface area contributed by atoms with Crippen molar-refractivity contribution in [1.29, 1.82) is 0 Å². The van der Waals surface area contributed by atoms with Gasteiger partial charge in [-0.05, 0) is 35.9 Å². The molecule has 3 heterocycles. The van der Waals surface area contributed by atoms with Gasteiger partial charge in [-0.2, -0.15) is 0 Å². The zero-order chi connectivity index (χ0) is 27.1. The van der Waals surface area contributed by atoms with Crippen LogP contribution in [-0.4, -0.2) is 51.5 Å². The second kappa shape index (κ2) is 9.98. The molecule has 10 heteroatoms. The molecule has 39 heavy (non-hydrogen) atoms. The van der Waals surface area contributed by atoms with Crippen molar-refractivity contribution in [3.63, 3.8) is 0 Å². The predicted molar refractivity (Wildman–Crippen MR) is 149 cm³/mol. The van der Waals surface area contributed by atoms with E-state index in [1.165, 1.54) is 11.3 Å². The average Bonchev–Trinajstić information content (AvgIpc) is 3.38. The number of piperidine rings is 1. The van der Waals surface area contributed by atoms with Gasteiger partial charge >= 0.3 is 5.97 Å². The van der Waals surface area contributed by atoms with Gasteiger partial charge in [0.05, 0.1) is 26.7 Å². The summed E-state index contributed by atoms with van der Waals surface area (Å²) in [5, 5.41) is 14.4. The molecule has 198 valence electrons. The topological polar surface area (TPSA) is 109 Å². The van der Waals surface area contributed by atoms with E-state index in [0.29, 0.717) is 27.0 Å². The van der Waals surface area contributed by atoms with Gasteiger partial charge in [0, 0.05) is 38.0 Å². The maximum absolute atomic E-state index is 13.5. The highest BCUT2D eigenvalue weighted by molar-refractivity contribution is 7.22. The Morgan fingerprint density at radius 2 is 1.79 bits per heavy atom. The van der Waals surface area contributed by atoms with Crippen LogP contribution in [0.3, 0.4) is 0 Å². The Morgan fingerprint density at radius 3 is 2.56 bits per heavy atom. The Bertz CT molecular complexity index is 1610. The summed E-state index contributed by atoms with van der Waals surface area (Å²) < 4.78 is 7.14. The Labute approximate surface area is 233 Å². The van der Waals surface area contributed by atoms with Crippen molar-refractivity contribution < 1.29 is 24.2 Å². The number of anilines is 1. The van der Waals surface area contributed by atoms with E-state index in [2.05, 4.69) is 5.32 Å². The molecule has 2 aliphatic heterocycles. The third kappa shape index (κ3) is 4.62. The number of para-hydroxylation sites is 2. The first-order chi connectivity index (χ1) is 18.8. The molecule has 0 saturated carbocycles. The monoisotopic (exact) mass is 561 g/mol. The number of likely N-dealkylation sites (tertiary alicyclic amines) is 1. The first kappa shape index (κ1) is 25.3. The first-order valence-electron chi connectivity index (χ1n) is 12.6. The van der Waals surface area contributed by atoms with E-state index >= 15 is 0 Å². The maximum Gasteiger partial charge on any atom is 0.348 e. The summed E-state index contributed by atoms with van der Waals surface area (Å²) in [5.41, 5.74) is 1.34.